The molecule has 0 aliphatic carbocycles. The minimum absolute atomic E-state index is 0.147. The zero-order valence-electron chi connectivity index (χ0n) is 13.9. The minimum Gasteiger partial charge on any atom is -0.369 e. The summed E-state index contributed by atoms with van der Waals surface area (Å²) in [6.45, 7) is 4.24. The zero-order chi connectivity index (χ0) is 16.8. The molecule has 24 heavy (non-hydrogen) atoms. The predicted molar refractivity (Wildman–Crippen MR) is 98.1 cm³/mol. The Kier molecular flexibility index (Phi) is 5.23. The van der Waals surface area contributed by atoms with Gasteiger partial charge in [0.2, 0.25) is 5.91 Å². The lowest BCUT2D eigenvalue weighted by Gasteiger charge is -2.34. The number of likely N-dealkylation sites (N-methyl/N-ethyl adjacent to an activating group) is 1. The fourth-order valence-corrected chi connectivity index (χ4v) is 2.65. The molecule has 2 heterocycles. The Morgan fingerprint density at radius 2 is 1.88 bits per heavy atom. The number of rotatable bonds is 4. The van der Waals surface area contributed by atoms with Gasteiger partial charge in [-0.3, -0.25) is 9.78 Å². The Morgan fingerprint density at radius 3 is 2.54 bits per heavy atom. The van der Waals surface area contributed by atoms with Gasteiger partial charge in [0.25, 0.3) is 0 Å². The highest BCUT2D eigenvalue weighted by atomic mass is 16.1. The average Bonchev–Trinajstić information content (AvgIpc) is 2.62. The van der Waals surface area contributed by atoms with Gasteiger partial charge in [-0.25, -0.2) is 0 Å². The Hall–Kier alpha value is -2.66. The molecular formula is C19H22N4O. The van der Waals surface area contributed by atoms with Gasteiger partial charge < -0.3 is 15.1 Å². The molecule has 1 amide bonds. The number of carbonyl (C=O) groups excluding carboxylic acids is 1. The largest absolute Gasteiger partial charge is 0.369 e. The van der Waals surface area contributed by atoms with Crippen LogP contribution in [0.25, 0.3) is 6.08 Å². The number of pyridine rings is 1. The highest BCUT2D eigenvalue weighted by Gasteiger charge is 2.13. The summed E-state index contributed by atoms with van der Waals surface area (Å²) in [6.07, 6.45) is 6.69. The van der Waals surface area contributed by atoms with Gasteiger partial charge in [0.05, 0.1) is 0 Å². The molecule has 0 spiro atoms. The minimum atomic E-state index is -0.147. The van der Waals surface area contributed by atoms with Gasteiger partial charge in [0, 0.05) is 56.0 Å². The van der Waals surface area contributed by atoms with E-state index in [4.69, 9.17) is 0 Å². The number of hydrogen-bond acceptors (Lipinski definition) is 4. The highest BCUT2D eigenvalue weighted by Crippen LogP contribution is 2.19. The average molecular weight is 322 g/mol. The number of hydrogen-bond donors (Lipinski definition) is 1. The maximum atomic E-state index is 12.0. The summed E-state index contributed by atoms with van der Waals surface area (Å²) < 4.78 is 0. The monoisotopic (exact) mass is 322 g/mol. The van der Waals surface area contributed by atoms with E-state index in [0.29, 0.717) is 0 Å². The summed E-state index contributed by atoms with van der Waals surface area (Å²) in [5, 5.41) is 2.88. The van der Waals surface area contributed by atoms with E-state index >= 15 is 0 Å². The van der Waals surface area contributed by atoms with Crippen molar-refractivity contribution >= 4 is 23.4 Å². The highest BCUT2D eigenvalue weighted by molar-refractivity contribution is 6.01. The van der Waals surface area contributed by atoms with Crippen LogP contribution in [0.5, 0.6) is 0 Å². The molecular weight excluding hydrogens is 300 g/mol. The Labute approximate surface area is 142 Å². The van der Waals surface area contributed by atoms with Gasteiger partial charge in [0.1, 0.15) is 0 Å². The van der Waals surface area contributed by atoms with Crippen molar-refractivity contribution in [3.63, 3.8) is 0 Å². The topological polar surface area (TPSA) is 48.5 Å². The number of amides is 1. The summed E-state index contributed by atoms with van der Waals surface area (Å²) in [6, 6.07) is 11.8. The van der Waals surface area contributed by atoms with Gasteiger partial charge in [-0.1, -0.05) is 6.07 Å². The quantitative estimate of drug-likeness (QED) is 0.879. The molecule has 2 aromatic rings. The normalized spacial score (nSPS) is 15.6. The maximum Gasteiger partial charge on any atom is 0.248 e. The van der Waals surface area contributed by atoms with E-state index in [0.717, 1.165) is 37.4 Å². The Bertz CT molecular complexity index is 689. The van der Waals surface area contributed by atoms with E-state index in [2.05, 4.69) is 39.3 Å². The molecule has 1 aromatic heterocycles. The number of carbonyl (C=O) groups is 1. The second-order valence-corrected chi connectivity index (χ2v) is 5.95. The molecule has 0 bridgehead atoms. The molecule has 1 aromatic carbocycles. The lowest BCUT2D eigenvalue weighted by molar-refractivity contribution is -0.111. The number of nitrogens with one attached hydrogen (secondary N) is 1. The van der Waals surface area contributed by atoms with E-state index in [1.165, 1.54) is 11.8 Å². The number of aromatic nitrogens is 1. The van der Waals surface area contributed by atoms with Crippen molar-refractivity contribution in [3.8, 4) is 0 Å². The van der Waals surface area contributed by atoms with Crippen molar-refractivity contribution < 1.29 is 4.79 Å². The third kappa shape index (κ3) is 4.43. The zero-order valence-corrected chi connectivity index (χ0v) is 13.9. The van der Waals surface area contributed by atoms with Crippen molar-refractivity contribution in [2.75, 3.05) is 43.4 Å². The van der Waals surface area contributed by atoms with Gasteiger partial charge in [0.15, 0.2) is 0 Å². The van der Waals surface area contributed by atoms with Crippen LogP contribution in [-0.2, 0) is 4.79 Å². The second kappa shape index (κ2) is 7.75. The van der Waals surface area contributed by atoms with E-state index in [9.17, 15) is 4.79 Å². The smallest absolute Gasteiger partial charge is 0.248 e. The first-order chi connectivity index (χ1) is 11.7. The molecule has 3 rings (SSSR count). The third-order valence-electron chi connectivity index (χ3n) is 4.11. The SMILES string of the molecule is CN1CCN(c2ccc(NC(=O)/C=C/c3cccnc3)cc2)CC1. The van der Waals surface area contributed by atoms with Crippen molar-refractivity contribution in [3.05, 3.63) is 60.4 Å². The van der Waals surface area contributed by atoms with Crippen LogP contribution >= 0.6 is 0 Å². The third-order valence-corrected chi connectivity index (χ3v) is 4.11. The Morgan fingerprint density at radius 1 is 1.12 bits per heavy atom. The summed E-state index contributed by atoms with van der Waals surface area (Å²) >= 11 is 0. The van der Waals surface area contributed by atoms with Crippen molar-refractivity contribution in [2.24, 2.45) is 0 Å². The molecule has 1 saturated heterocycles. The van der Waals surface area contributed by atoms with E-state index in [1.54, 1.807) is 18.5 Å². The van der Waals surface area contributed by atoms with Crippen LogP contribution in [0.3, 0.4) is 0 Å². The van der Waals surface area contributed by atoms with Crippen LogP contribution in [-0.4, -0.2) is 49.0 Å². The Balaban J connectivity index is 1.56. The molecule has 0 atom stereocenters. The van der Waals surface area contributed by atoms with Crippen molar-refractivity contribution in [2.45, 2.75) is 0 Å². The summed E-state index contributed by atoms with van der Waals surface area (Å²) in [7, 11) is 2.15. The van der Waals surface area contributed by atoms with E-state index in [-0.39, 0.29) is 5.91 Å². The number of piperazine rings is 1. The summed E-state index contributed by atoms with van der Waals surface area (Å²) in [5.74, 6) is -0.147. The first-order valence-corrected chi connectivity index (χ1v) is 8.13. The first kappa shape index (κ1) is 16.2. The van der Waals surface area contributed by atoms with Crippen LogP contribution in [0.1, 0.15) is 5.56 Å². The van der Waals surface area contributed by atoms with Crippen LogP contribution in [0.15, 0.2) is 54.9 Å². The van der Waals surface area contributed by atoms with Crippen LogP contribution in [0.2, 0.25) is 0 Å². The second-order valence-electron chi connectivity index (χ2n) is 5.95. The predicted octanol–water partition coefficient (Wildman–Crippen LogP) is 2.49. The fourth-order valence-electron chi connectivity index (χ4n) is 2.65. The first-order valence-electron chi connectivity index (χ1n) is 8.13. The molecule has 0 unspecified atom stereocenters. The summed E-state index contributed by atoms with van der Waals surface area (Å²) in [5.41, 5.74) is 2.90. The van der Waals surface area contributed by atoms with Crippen LogP contribution < -0.4 is 10.2 Å². The number of nitrogens with zero attached hydrogens (tertiary/aromatic N) is 3. The van der Waals surface area contributed by atoms with Gasteiger partial charge >= 0.3 is 0 Å². The number of anilines is 2. The lowest BCUT2D eigenvalue weighted by atomic mass is 10.2. The standard InChI is InChI=1S/C19H22N4O/c1-22-11-13-23(14-12-22)18-7-5-17(6-8-18)21-19(24)9-4-16-3-2-10-20-15-16/h2-10,15H,11-14H2,1H3,(H,21,24)/b9-4+. The van der Waals surface area contributed by atoms with Gasteiger partial charge in [-0.15, -0.1) is 0 Å². The molecule has 1 fully saturated rings. The molecule has 124 valence electrons. The maximum absolute atomic E-state index is 12.0. The van der Waals surface area contributed by atoms with Gasteiger partial charge in [-0.05, 0) is 49.0 Å². The van der Waals surface area contributed by atoms with Gasteiger partial charge in [-0.2, -0.15) is 0 Å². The van der Waals surface area contributed by atoms with Crippen molar-refractivity contribution in [1.82, 2.24) is 9.88 Å². The van der Waals surface area contributed by atoms with Crippen molar-refractivity contribution in [1.29, 1.82) is 0 Å². The molecule has 0 radical (unpaired) electrons. The number of benzene rings is 1. The molecule has 1 aliphatic rings. The molecule has 1 aliphatic heterocycles. The molecule has 1 N–H and O–H groups in total. The lowest BCUT2D eigenvalue weighted by Crippen LogP contribution is -2.44. The van der Waals surface area contributed by atoms with Crippen LogP contribution in [0, 0.1) is 0 Å². The van der Waals surface area contributed by atoms with Crippen LogP contribution in [0.4, 0.5) is 11.4 Å². The van der Waals surface area contributed by atoms with E-state index < -0.39 is 0 Å². The molecule has 0 saturated carbocycles. The van der Waals surface area contributed by atoms with E-state index in [1.807, 2.05) is 24.3 Å². The summed E-state index contributed by atoms with van der Waals surface area (Å²) in [4.78, 5) is 20.7. The molecule has 5 heteroatoms. The molecule has 5 nitrogen and oxygen atoms in total. The fraction of sp³-hybridized carbons (Fsp3) is 0.263.